The number of amides is 4. The molecule has 1 aliphatic rings. The van der Waals surface area contributed by atoms with E-state index in [2.05, 4.69) is 5.18 Å². The first-order valence-electron chi connectivity index (χ1n) is 4.71. The van der Waals surface area contributed by atoms with Crippen LogP contribution in [0, 0.1) is 4.91 Å². The molecule has 0 saturated carbocycles. The molecule has 0 bridgehead atoms. The third-order valence-electron chi connectivity index (χ3n) is 2.26. The molecular formula is C10H7N3O4. The Kier molecular flexibility index (Phi) is 2.65. The van der Waals surface area contributed by atoms with E-state index < -0.39 is 23.9 Å². The average molecular weight is 233 g/mol. The SMILES string of the molecule is O=NC1C(=O)NC(=O)N(c2ccccc2)C1=O. The maximum Gasteiger partial charge on any atom is 0.335 e. The number of nitrogens with one attached hydrogen (secondary N) is 1. The number of carbonyl (C=O) groups is 3. The molecule has 1 unspecified atom stereocenters. The highest BCUT2D eigenvalue weighted by Gasteiger charge is 2.42. The van der Waals surface area contributed by atoms with Crippen LogP contribution in [0.25, 0.3) is 0 Å². The van der Waals surface area contributed by atoms with Gasteiger partial charge in [-0.25, -0.2) is 9.69 Å². The largest absolute Gasteiger partial charge is 0.335 e. The molecule has 7 heteroatoms. The van der Waals surface area contributed by atoms with E-state index in [0.717, 1.165) is 0 Å². The van der Waals surface area contributed by atoms with E-state index in [9.17, 15) is 19.3 Å². The number of nitroso groups, excluding NO2 is 1. The molecule has 1 heterocycles. The van der Waals surface area contributed by atoms with Crippen molar-refractivity contribution >= 4 is 23.5 Å². The minimum atomic E-state index is -1.71. The van der Waals surface area contributed by atoms with Crippen LogP contribution >= 0.6 is 0 Å². The number of benzene rings is 1. The van der Waals surface area contributed by atoms with Gasteiger partial charge in [0.1, 0.15) is 0 Å². The van der Waals surface area contributed by atoms with Gasteiger partial charge in [0, 0.05) is 0 Å². The second-order valence-electron chi connectivity index (χ2n) is 3.31. The fourth-order valence-electron chi connectivity index (χ4n) is 1.48. The fraction of sp³-hybridized carbons (Fsp3) is 0.100. The highest BCUT2D eigenvalue weighted by atomic mass is 16.3. The molecule has 1 aromatic carbocycles. The maximum atomic E-state index is 11.7. The number of carbonyl (C=O) groups excluding carboxylic acids is 3. The van der Waals surface area contributed by atoms with E-state index >= 15 is 0 Å². The van der Waals surface area contributed by atoms with Gasteiger partial charge in [0.2, 0.25) is 6.04 Å². The summed E-state index contributed by atoms with van der Waals surface area (Å²) in [5.74, 6) is -1.94. The van der Waals surface area contributed by atoms with E-state index in [1.165, 1.54) is 12.1 Å². The van der Waals surface area contributed by atoms with Gasteiger partial charge in [-0.3, -0.25) is 14.9 Å². The molecule has 1 N–H and O–H groups in total. The first kappa shape index (κ1) is 10.9. The highest BCUT2D eigenvalue weighted by molar-refractivity contribution is 6.29. The number of hydrogen-bond donors (Lipinski definition) is 1. The monoisotopic (exact) mass is 233 g/mol. The van der Waals surface area contributed by atoms with Crippen LogP contribution in [0.3, 0.4) is 0 Å². The Bertz CT molecular complexity index is 500. The van der Waals surface area contributed by atoms with Crippen molar-refractivity contribution in [3.8, 4) is 0 Å². The van der Waals surface area contributed by atoms with Crippen LogP contribution in [-0.2, 0) is 9.59 Å². The standard InChI is InChI=1S/C10H7N3O4/c14-8-7(12-17)9(15)13(10(16)11-8)6-4-2-1-3-5-6/h1-5,7H,(H,11,14,16). The van der Waals surface area contributed by atoms with E-state index in [1.807, 2.05) is 5.32 Å². The van der Waals surface area contributed by atoms with Gasteiger partial charge in [-0.2, -0.15) is 0 Å². The zero-order valence-corrected chi connectivity index (χ0v) is 8.49. The molecule has 0 aliphatic carbocycles. The van der Waals surface area contributed by atoms with E-state index in [-0.39, 0.29) is 5.69 Å². The van der Waals surface area contributed by atoms with Crippen molar-refractivity contribution in [2.24, 2.45) is 5.18 Å². The third kappa shape index (κ3) is 1.78. The van der Waals surface area contributed by atoms with Crippen LogP contribution in [0.5, 0.6) is 0 Å². The fourth-order valence-corrected chi connectivity index (χ4v) is 1.48. The molecule has 0 spiro atoms. The van der Waals surface area contributed by atoms with Gasteiger partial charge >= 0.3 is 6.03 Å². The lowest BCUT2D eigenvalue weighted by Crippen LogP contribution is -2.60. The Hall–Kier alpha value is -2.57. The predicted molar refractivity (Wildman–Crippen MR) is 57.0 cm³/mol. The molecular weight excluding hydrogens is 226 g/mol. The number of nitrogens with zero attached hydrogens (tertiary/aromatic N) is 2. The van der Waals surface area contributed by atoms with Crippen molar-refractivity contribution in [2.45, 2.75) is 6.04 Å². The topological polar surface area (TPSA) is 95.9 Å². The summed E-state index contributed by atoms with van der Waals surface area (Å²) >= 11 is 0. The Morgan fingerprint density at radius 1 is 1.12 bits per heavy atom. The zero-order valence-electron chi connectivity index (χ0n) is 8.49. The van der Waals surface area contributed by atoms with Crippen molar-refractivity contribution in [3.63, 3.8) is 0 Å². The van der Waals surface area contributed by atoms with Crippen LogP contribution in [0.4, 0.5) is 10.5 Å². The molecule has 1 aliphatic heterocycles. The normalized spacial score (nSPS) is 20.1. The number of hydrogen-bond acceptors (Lipinski definition) is 5. The number of imide groups is 2. The van der Waals surface area contributed by atoms with Gasteiger partial charge in [-0.1, -0.05) is 18.2 Å². The molecule has 86 valence electrons. The second kappa shape index (κ2) is 4.12. The average Bonchev–Trinajstić information content (AvgIpc) is 2.30. The summed E-state index contributed by atoms with van der Waals surface area (Å²) in [7, 11) is 0. The summed E-state index contributed by atoms with van der Waals surface area (Å²) in [6.45, 7) is 0. The van der Waals surface area contributed by atoms with Crippen molar-refractivity contribution < 1.29 is 14.4 Å². The van der Waals surface area contributed by atoms with Crippen molar-refractivity contribution in [1.82, 2.24) is 5.32 Å². The molecule has 17 heavy (non-hydrogen) atoms. The van der Waals surface area contributed by atoms with Crippen molar-refractivity contribution in [2.75, 3.05) is 4.90 Å². The van der Waals surface area contributed by atoms with Crippen LogP contribution < -0.4 is 10.2 Å². The summed E-state index contributed by atoms with van der Waals surface area (Å²) in [5.41, 5.74) is 0.274. The molecule has 1 saturated heterocycles. The molecule has 2 rings (SSSR count). The number of urea groups is 1. The smallest absolute Gasteiger partial charge is 0.275 e. The molecule has 1 fully saturated rings. The molecule has 4 amide bonds. The van der Waals surface area contributed by atoms with Gasteiger partial charge in [0.15, 0.2) is 0 Å². The minimum absolute atomic E-state index is 0.274. The Morgan fingerprint density at radius 2 is 1.76 bits per heavy atom. The third-order valence-corrected chi connectivity index (χ3v) is 2.26. The summed E-state index contributed by atoms with van der Waals surface area (Å²) in [4.78, 5) is 45.5. The minimum Gasteiger partial charge on any atom is -0.275 e. The number of rotatable bonds is 2. The highest BCUT2D eigenvalue weighted by Crippen LogP contribution is 2.18. The van der Waals surface area contributed by atoms with E-state index in [4.69, 9.17) is 0 Å². The summed E-state index contributed by atoms with van der Waals surface area (Å²) in [6, 6.07) is 5.37. The van der Waals surface area contributed by atoms with Gasteiger partial charge < -0.3 is 0 Å². The maximum absolute atomic E-state index is 11.7. The van der Waals surface area contributed by atoms with Crippen molar-refractivity contribution in [1.29, 1.82) is 0 Å². The first-order chi connectivity index (χ1) is 8.15. The van der Waals surface area contributed by atoms with Crippen LogP contribution in [0.2, 0.25) is 0 Å². The second-order valence-corrected chi connectivity index (χ2v) is 3.31. The number of para-hydroxylation sites is 1. The Balaban J connectivity index is 2.40. The van der Waals surface area contributed by atoms with E-state index in [1.54, 1.807) is 18.2 Å². The first-order valence-corrected chi connectivity index (χ1v) is 4.71. The molecule has 7 nitrogen and oxygen atoms in total. The molecule has 1 aromatic rings. The zero-order chi connectivity index (χ0) is 12.4. The quantitative estimate of drug-likeness (QED) is 0.590. The lowest BCUT2D eigenvalue weighted by molar-refractivity contribution is -0.130. The van der Waals surface area contributed by atoms with Gasteiger partial charge in [0.25, 0.3) is 11.8 Å². The Labute approximate surface area is 95.4 Å². The van der Waals surface area contributed by atoms with Crippen LogP contribution in [0.1, 0.15) is 0 Å². The van der Waals surface area contributed by atoms with E-state index in [0.29, 0.717) is 4.90 Å². The Morgan fingerprint density at radius 3 is 2.35 bits per heavy atom. The summed E-state index contributed by atoms with van der Waals surface area (Å²) in [6.07, 6.45) is 0. The van der Waals surface area contributed by atoms with Crippen LogP contribution in [-0.4, -0.2) is 23.9 Å². The van der Waals surface area contributed by atoms with Gasteiger partial charge in [-0.05, 0) is 17.3 Å². The summed E-state index contributed by atoms with van der Waals surface area (Å²) in [5, 5.41) is 4.31. The molecule has 0 aromatic heterocycles. The van der Waals surface area contributed by atoms with Crippen LogP contribution in [0.15, 0.2) is 35.5 Å². The summed E-state index contributed by atoms with van der Waals surface area (Å²) < 4.78 is 0. The van der Waals surface area contributed by atoms with Gasteiger partial charge in [-0.15, -0.1) is 4.91 Å². The van der Waals surface area contributed by atoms with Crippen molar-refractivity contribution in [3.05, 3.63) is 35.2 Å². The lowest BCUT2D eigenvalue weighted by atomic mass is 10.2. The predicted octanol–water partition coefficient (Wildman–Crippen LogP) is 0.404. The molecule has 1 atom stereocenters. The number of anilines is 1. The number of barbiturate groups is 1. The van der Waals surface area contributed by atoms with Gasteiger partial charge in [0.05, 0.1) is 5.69 Å². The lowest BCUT2D eigenvalue weighted by Gasteiger charge is -2.26. The molecule has 0 radical (unpaired) electrons.